The molecule has 3 heterocycles. The largest absolute Gasteiger partial charge is 0.478 e. The van der Waals surface area contributed by atoms with Gasteiger partial charge in [-0.15, -0.1) is 0 Å². The number of ether oxygens (including phenoxy) is 2. The van der Waals surface area contributed by atoms with Crippen LogP contribution >= 0.6 is 0 Å². The van der Waals surface area contributed by atoms with E-state index >= 15 is 0 Å². The van der Waals surface area contributed by atoms with Crippen LogP contribution in [0.2, 0.25) is 0 Å². The Morgan fingerprint density at radius 2 is 1.93 bits per heavy atom. The predicted molar refractivity (Wildman–Crippen MR) is 107 cm³/mol. The molecule has 0 aliphatic carbocycles. The number of anilines is 1. The lowest BCUT2D eigenvalue weighted by molar-refractivity contribution is 0.161. The Morgan fingerprint density at radius 1 is 1.17 bits per heavy atom. The second kappa shape index (κ2) is 8.44. The van der Waals surface area contributed by atoms with Crippen LogP contribution in [0.25, 0.3) is 16.7 Å². The molecule has 0 saturated heterocycles. The van der Waals surface area contributed by atoms with Crippen molar-refractivity contribution in [2.45, 2.75) is 33.3 Å². The van der Waals surface area contributed by atoms with Gasteiger partial charge in [0.15, 0.2) is 11.4 Å². The number of aryl methyl sites for hydroxylation is 1. The Balaban J connectivity index is 0.000000169. The molecule has 0 bridgehead atoms. The molecule has 0 fully saturated rings. The zero-order chi connectivity index (χ0) is 21.1. The monoisotopic (exact) mass is 401 g/mol. The lowest BCUT2D eigenvalue weighted by atomic mass is 10.0. The van der Waals surface area contributed by atoms with Crippen LogP contribution in [-0.4, -0.2) is 33.6 Å². The van der Waals surface area contributed by atoms with Crippen molar-refractivity contribution in [2.24, 2.45) is 0 Å². The lowest BCUT2D eigenvalue weighted by Gasteiger charge is -2.04. The van der Waals surface area contributed by atoms with Gasteiger partial charge in [-0.1, -0.05) is 13.8 Å². The van der Waals surface area contributed by atoms with Crippen LogP contribution in [0, 0.1) is 12.7 Å². The standard InChI is InChI=1S/C12H14FNO2.C8H10N4O/c1-7(2)8-4-9(13)12-10(5-8)16-11(14-12)6-15-3;1-5-3-12-4-6(9)11-8(13-2)7(12)10-5/h4-5,7H,6H2,1-3H3;3-4H,9H2,1-2H3. The van der Waals surface area contributed by atoms with Crippen LogP contribution < -0.4 is 10.5 Å². The van der Waals surface area contributed by atoms with E-state index in [1.54, 1.807) is 24.8 Å². The molecule has 0 aliphatic rings. The number of benzene rings is 1. The van der Waals surface area contributed by atoms with Crippen LogP contribution in [0.3, 0.4) is 0 Å². The quantitative estimate of drug-likeness (QED) is 0.554. The molecule has 0 aliphatic heterocycles. The molecule has 3 aromatic heterocycles. The van der Waals surface area contributed by atoms with Gasteiger partial charge in [0.25, 0.3) is 5.88 Å². The van der Waals surface area contributed by atoms with E-state index in [1.165, 1.54) is 6.07 Å². The Bertz CT molecular complexity index is 1140. The molecule has 0 saturated carbocycles. The van der Waals surface area contributed by atoms with Crippen molar-refractivity contribution in [1.29, 1.82) is 0 Å². The van der Waals surface area contributed by atoms with Crippen molar-refractivity contribution >= 4 is 22.6 Å². The van der Waals surface area contributed by atoms with E-state index in [0.29, 0.717) is 28.8 Å². The first kappa shape index (κ1) is 20.5. The molecule has 0 spiro atoms. The fraction of sp³-hybridized carbons (Fsp3) is 0.350. The van der Waals surface area contributed by atoms with E-state index in [9.17, 15) is 4.39 Å². The first-order valence-electron chi connectivity index (χ1n) is 9.06. The normalized spacial score (nSPS) is 11.1. The molecule has 0 amide bonds. The summed E-state index contributed by atoms with van der Waals surface area (Å²) in [5.74, 6) is 1.19. The Labute approximate surface area is 167 Å². The number of fused-ring (bicyclic) bond motifs is 2. The minimum absolute atomic E-state index is 0.255. The summed E-state index contributed by atoms with van der Waals surface area (Å²) in [5, 5.41) is 0. The second-order valence-electron chi connectivity index (χ2n) is 6.83. The average molecular weight is 401 g/mol. The number of oxazole rings is 1. The van der Waals surface area contributed by atoms with Crippen molar-refractivity contribution < 1.29 is 18.3 Å². The van der Waals surface area contributed by atoms with Gasteiger partial charge in [0.1, 0.15) is 17.9 Å². The maximum atomic E-state index is 13.7. The van der Waals surface area contributed by atoms with Crippen molar-refractivity contribution in [3.05, 3.63) is 47.5 Å². The van der Waals surface area contributed by atoms with Gasteiger partial charge in [-0.2, -0.15) is 4.98 Å². The molecule has 0 atom stereocenters. The average Bonchev–Trinajstić information content (AvgIpc) is 3.24. The highest BCUT2D eigenvalue weighted by atomic mass is 19.1. The zero-order valence-electron chi connectivity index (χ0n) is 17.1. The number of nitrogen functional groups attached to an aromatic ring is 1. The van der Waals surface area contributed by atoms with E-state index in [2.05, 4.69) is 15.0 Å². The van der Waals surface area contributed by atoms with E-state index < -0.39 is 0 Å². The van der Waals surface area contributed by atoms with Crippen LogP contribution in [-0.2, 0) is 11.3 Å². The number of hydrogen-bond acceptors (Lipinski definition) is 7. The minimum atomic E-state index is -0.340. The van der Waals surface area contributed by atoms with E-state index in [1.807, 2.05) is 33.0 Å². The molecule has 1 aromatic carbocycles. The topological polar surface area (TPSA) is 101 Å². The highest BCUT2D eigenvalue weighted by molar-refractivity contribution is 5.74. The summed E-state index contributed by atoms with van der Waals surface area (Å²) >= 11 is 0. The molecule has 0 unspecified atom stereocenters. The van der Waals surface area contributed by atoms with E-state index in [4.69, 9.17) is 19.6 Å². The molecular weight excluding hydrogens is 377 g/mol. The van der Waals surface area contributed by atoms with Crippen LogP contribution in [0.15, 0.2) is 28.9 Å². The van der Waals surface area contributed by atoms with Gasteiger partial charge in [-0.25, -0.2) is 14.4 Å². The molecule has 0 radical (unpaired) electrons. The molecule has 9 heteroatoms. The predicted octanol–water partition coefficient (Wildman–Crippen LogP) is 3.87. The SMILES string of the molecule is COCc1nc2c(F)cc(C(C)C)cc2o1.COc1nc(N)cn2cc(C)nc12. The number of aromatic nitrogens is 4. The number of hydrogen-bond donors (Lipinski definition) is 1. The number of imidazole rings is 1. The fourth-order valence-corrected chi connectivity index (χ4v) is 2.82. The molecule has 8 nitrogen and oxygen atoms in total. The van der Waals surface area contributed by atoms with Gasteiger partial charge < -0.3 is 19.6 Å². The fourth-order valence-electron chi connectivity index (χ4n) is 2.82. The molecule has 2 N–H and O–H groups in total. The summed E-state index contributed by atoms with van der Waals surface area (Å²) in [6.45, 7) is 6.17. The molecule has 4 aromatic rings. The molecular formula is C20H24FN5O3. The maximum Gasteiger partial charge on any atom is 0.260 e. The second-order valence-corrected chi connectivity index (χ2v) is 6.83. The van der Waals surface area contributed by atoms with Gasteiger partial charge in [0, 0.05) is 13.3 Å². The summed E-state index contributed by atoms with van der Waals surface area (Å²) in [6.07, 6.45) is 3.58. The zero-order valence-corrected chi connectivity index (χ0v) is 17.1. The molecule has 29 heavy (non-hydrogen) atoms. The van der Waals surface area contributed by atoms with E-state index in [-0.39, 0.29) is 23.9 Å². The first-order valence-corrected chi connectivity index (χ1v) is 9.06. The summed E-state index contributed by atoms with van der Waals surface area (Å²) in [4.78, 5) is 12.3. The summed E-state index contributed by atoms with van der Waals surface area (Å²) < 4.78 is 30.8. The number of methoxy groups -OCH3 is 2. The number of nitrogens with zero attached hydrogens (tertiary/aromatic N) is 4. The van der Waals surface area contributed by atoms with Crippen molar-refractivity contribution in [2.75, 3.05) is 20.0 Å². The van der Waals surface area contributed by atoms with Crippen molar-refractivity contribution in [3.63, 3.8) is 0 Å². The van der Waals surface area contributed by atoms with Crippen LogP contribution in [0.1, 0.15) is 36.9 Å². The maximum absolute atomic E-state index is 13.7. The van der Waals surface area contributed by atoms with Crippen LogP contribution in [0.5, 0.6) is 5.88 Å². The third kappa shape index (κ3) is 4.45. The van der Waals surface area contributed by atoms with Gasteiger partial charge >= 0.3 is 0 Å². The Morgan fingerprint density at radius 3 is 2.59 bits per heavy atom. The number of nitrogens with two attached hydrogens (primary N) is 1. The summed E-state index contributed by atoms with van der Waals surface area (Å²) in [7, 11) is 3.09. The smallest absolute Gasteiger partial charge is 0.260 e. The van der Waals surface area contributed by atoms with Gasteiger partial charge in [0.05, 0.1) is 19.0 Å². The van der Waals surface area contributed by atoms with Gasteiger partial charge in [-0.05, 0) is 30.5 Å². The Hall–Kier alpha value is -3.20. The molecule has 4 rings (SSSR count). The highest BCUT2D eigenvalue weighted by Crippen LogP contribution is 2.25. The highest BCUT2D eigenvalue weighted by Gasteiger charge is 2.13. The van der Waals surface area contributed by atoms with Crippen LogP contribution in [0.4, 0.5) is 10.2 Å². The summed E-state index contributed by atoms with van der Waals surface area (Å²) in [5.41, 5.74) is 8.83. The summed E-state index contributed by atoms with van der Waals surface area (Å²) in [6, 6.07) is 3.33. The minimum Gasteiger partial charge on any atom is -0.478 e. The first-order chi connectivity index (χ1) is 13.8. The Kier molecular flexibility index (Phi) is 5.97. The third-order valence-electron chi connectivity index (χ3n) is 4.19. The van der Waals surface area contributed by atoms with E-state index in [0.717, 1.165) is 11.3 Å². The van der Waals surface area contributed by atoms with Gasteiger partial charge in [-0.3, -0.25) is 4.40 Å². The molecule has 154 valence electrons. The number of rotatable bonds is 4. The van der Waals surface area contributed by atoms with Crippen molar-refractivity contribution in [1.82, 2.24) is 19.4 Å². The van der Waals surface area contributed by atoms with Gasteiger partial charge in [0.2, 0.25) is 11.5 Å². The third-order valence-corrected chi connectivity index (χ3v) is 4.19. The number of halogens is 1. The lowest BCUT2D eigenvalue weighted by Crippen LogP contribution is -1.98. The van der Waals surface area contributed by atoms with Crippen molar-refractivity contribution in [3.8, 4) is 5.88 Å².